The molecule has 0 saturated heterocycles. The van der Waals surface area contributed by atoms with Gasteiger partial charge in [0.1, 0.15) is 5.82 Å². The Kier molecular flexibility index (Phi) is 4.69. The van der Waals surface area contributed by atoms with E-state index in [4.69, 9.17) is 0 Å². The lowest BCUT2D eigenvalue weighted by Gasteiger charge is -2.31. The maximum atomic E-state index is 10.1. The van der Waals surface area contributed by atoms with Crippen molar-refractivity contribution in [3.05, 3.63) is 35.8 Å². The molecule has 3 rings (SSSR count). The summed E-state index contributed by atoms with van der Waals surface area (Å²) in [4.78, 5) is 11.5. The molecule has 1 aromatic carbocycles. The number of aliphatic hydroxyl groups excluding tert-OH is 1. The molecule has 1 aromatic heterocycles. The molecular weight excluding hydrogens is 274 g/mol. The van der Waals surface area contributed by atoms with Crippen molar-refractivity contribution in [2.75, 3.05) is 13.6 Å². The Morgan fingerprint density at radius 3 is 2.77 bits per heavy atom. The van der Waals surface area contributed by atoms with E-state index in [1.807, 2.05) is 25.1 Å². The van der Waals surface area contributed by atoms with E-state index in [1.165, 1.54) is 6.42 Å². The molecule has 2 atom stereocenters. The van der Waals surface area contributed by atoms with Crippen LogP contribution in [-0.2, 0) is 6.54 Å². The Bertz CT molecular complexity index is 643. The zero-order chi connectivity index (χ0) is 15.5. The molecule has 2 aromatic rings. The van der Waals surface area contributed by atoms with E-state index in [0.29, 0.717) is 5.92 Å². The summed E-state index contributed by atoms with van der Waals surface area (Å²) >= 11 is 0. The predicted octanol–water partition coefficient (Wildman–Crippen LogP) is 2.92. The molecular formula is C18H25N3O. The molecule has 118 valence electrons. The van der Waals surface area contributed by atoms with Crippen LogP contribution < -0.4 is 0 Å². The molecule has 1 fully saturated rings. The van der Waals surface area contributed by atoms with Crippen LogP contribution in [0, 0.1) is 12.8 Å². The van der Waals surface area contributed by atoms with Gasteiger partial charge in [-0.15, -0.1) is 0 Å². The van der Waals surface area contributed by atoms with Gasteiger partial charge in [0.25, 0.3) is 0 Å². The van der Waals surface area contributed by atoms with Gasteiger partial charge in [0.15, 0.2) is 0 Å². The number of fused-ring (bicyclic) bond motifs is 1. The number of hydrogen-bond acceptors (Lipinski definition) is 4. The lowest BCUT2D eigenvalue weighted by molar-refractivity contribution is 0.0497. The smallest absolute Gasteiger partial charge is 0.143 e. The molecule has 0 amide bonds. The fraction of sp³-hybridized carbons (Fsp3) is 0.556. The number of para-hydroxylation sites is 1. The van der Waals surface area contributed by atoms with Crippen molar-refractivity contribution in [1.82, 2.24) is 14.9 Å². The van der Waals surface area contributed by atoms with E-state index < -0.39 is 0 Å². The van der Waals surface area contributed by atoms with Gasteiger partial charge >= 0.3 is 0 Å². The number of hydrogen-bond donors (Lipinski definition) is 1. The number of rotatable bonds is 4. The summed E-state index contributed by atoms with van der Waals surface area (Å²) in [7, 11) is 2.09. The van der Waals surface area contributed by atoms with Crippen LogP contribution in [0.2, 0.25) is 0 Å². The van der Waals surface area contributed by atoms with Crippen LogP contribution >= 0.6 is 0 Å². The van der Waals surface area contributed by atoms with Crippen LogP contribution in [-0.4, -0.2) is 39.7 Å². The van der Waals surface area contributed by atoms with Crippen LogP contribution in [0.25, 0.3) is 10.9 Å². The summed E-state index contributed by atoms with van der Waals surface area (Å²) in [6.45, 7) is 3.68. The normalized spacial score (nSPS) is 22.4. The van der Waals surface area contributed by atoms with Gasteiger partial charge in [-0.2, -0.15) is 0 Å². The molecule has 4 heteroatoms. The van der Waals surface area contributed by atoms with Gasteiger partial charge in [-0.3, -0.25) is 4.90 Å². The first-order chi connectivity index (χ1) is 10.6. The Morgan fingerprint density at radius 2 is 1.95 bits per heavy atom. The van der Waals surface area contributed by atoms with E-state index in [-0.39, 0.29) is 6.10 Å². The number of nitrogens with zero attached hydrogens (tertiary/aromatic N) is 3. The molecule has 22 heavy (non-hydrogen) atoms. The summed E-state index contributed by atoms with van der Waals surface area (Å²) in [5, 5.41) is 11.2. The van der Waals surface area contributed by atoms with Crippen LogP contribution in [0.4, 0.5) is 0 Å². The van der Waals surface area contributed by atoms with Gasteiger partial charge in [0.2, 0.25) is 0 Å². The lowest BCUT2D eigenvalue weighted by Crippen LogP contribution is -2.35. The molecule has 2 unspecified atom stereocenters. The monoisotopic (exact) mass is 299 g/mol. The van der Waals surface area contributed by atoms with Crippen molar-refractivity contribution < 1.29 is 5.11 Å². The molecule has 0 radical (unpaired) electrons. The number of aromatic nitrogens is 2. The average Bonchev–Trinajstić information content (AvgIpc) is 2.49. The minimum Gasteiger partial charge on any atom is -0.393 e. The Balaban J connectivity index is 1.69. The van der Waals surface area contributed by atoms with Gasteiger partial charge in [0.05, 0.1) is 18.2 Å². The van der Waals surface area contributed by atoms with E-state index >= 15 is 0 Å². The highest BCUT2D eigenvalue weighted by molar-refractivity contribution is 5.80. The standard InChI is InChI=1S/C18H25N3O/c1-13-15-8-4-5-9-16(15)20-18(19-13)12-21(2)11-14-7-3-6-10-17(14)22/h4-5,8-9,14,17,22H,3,6-7,10-12H2,1-2H3. The van der Waals surface area contributed by atoms with E-state index in [1.54, 1.807) is 0 Å². The highest BCUT2D eigenvalue weighted by Gasteiger charge is 2.24. The molecule has 0 bridgehead atoms. The van der Waals surface area contributed by atoms with Gasteiger partial charge in [0, 0.05) is 17.6 Å². The lowest BCUT2D eigenvalue weighted by atomic mass is 9.86. The fourth-order valence-corrected chi connectivity index (χ4v) is 3.47. The van der Waals surface area contributed by atoms with Gasteiger partial charge in [-0.25, -0.2) is 9.97 Å². The topological polar surface area (TPSA) is 49.2 Å². The third-order valence-electron chi connectivity index (χ3n) is 4.67. The second-order valence-corrected chi connectivity index (χ2v) is 6.55. The van der Waals surface area contributed by atoms with E-state index in [0.717, 1.165) is 54.8 Å². The van der Waals surface area contributed by atoms with E-state index in [9.17, 15) is 5.11 Å². The summed E-state index contributed by atoms with van der Waals surface area (Å²) in [5.41, 5.74) is 2.04. The SMILES string of the molecule is Cc1nc(CN(C)CC2CCCCC2O)nc2ccccc12. The van der Waals surface area contributed by atoms with Crippen molar-refractivity contribution >= 4 is 10.9 Å². The minimum absolute atomic E-state index is 0.143. The molecule has 4 nitrogen and oxygen atoms in total. The Labute approximate surface area is 132 Å². The van der Waals surface area contributed by atoms with Gasteiger partial charge in [-0.05, 0) is 38.8 Å². The molecule has 1 N–H and O–H groups in total. The fourth-order valence-electron chi connectivity index (χ4n) is 3.47. The predicted molar refractivity (Wildman–Crippen MR) is 88.6 cm³/mol. The zero-order valence-electron chi connectivity index (χ0n) is 13.5. The van der Waals surface area contributed by atoms with Gasteiger partial charge < -0.3 is 5.11 Å². The first kappa shape index (κ1) is 15.4. The molecule has 1 saturated carbocycles. The van der Waals surface area contributed by atoms with Crippen molar-refractivity contribution in [3.63, 3.8) is 0 Å². The summed E-state index contributed by atoms with van der Waals surface area (Å²) < 4.78 is 0. The zero-order valence-corrected chi connectivity index (χ0v) is 13.5. The third-order valence-corrected chi connectivity index (χ3v) is 4.67. The van der Waals surface area contributed by atoms with Crippen LogP contribution in [0.15, 0.2) is 24.3 Å². The van der Waals surface area contributed by atoms with Crippen molar-refractivity contribution in [2.24, 2.45) is 5.92 Å². The number of benzene rings is 1. The highest BCUT2D eigenvalue weighted by atomic mass is 16.3. The first-order valence-corrected chi connectivity index (χ1v) is 8.22. The molecule has 0 spiro atoms. The van der Waals surface area contributed by atoms with Gasteiger partial charge in [-0.1, -0.05) is 31.0 Å². The Morgan fingerprint density at radius 1 is 1.18 bits per heavy atom. The maximum Gasteiger partial charge on any atom is 0.143 e. The molecule has 1 aliphatic carbocycles. The van der Waals surface area contributed by atoms with Crippen LogP contribution in [0.5, 0.6) is 0 Å². The summed E-state index contributed by atoms with van der Waals surface area (Å²) in [6, 6.07) is 8.14. The number of aryl methyl sites for hydroxylation is 1. The first-order valence-electron chi connectivity index (χ1n) is 8.22. The van der Waals surface area contributed by atoms with Crippen molar-refractivity contribution in [1.29, 1.82) is 0 Å². The summed E-state index contributed by atoms with van der Waals surface area (Å²) in [5.74, 6) is 1.25. The third kappa shape index (κ3) is 3.45. The minimum atomic E-state index is -0.143. The Hall–Kier alpha value is -1.52. The summed E-state index contributed by atoms with van der Waals surface area (Å²) in [6.07, 6.45) is 4.33. The van der Waals surface area contributed by atoms with Crippen LogP contribution in [0.1, 0.15) is 37.2 Å². The largest absolute Gasteiger partial charge is 0.393 e. The highest BCUT2D eigenvalue weighted by Crippen LogP contribution is 2.25. The quantitative estimate of drug-likeness (QED) is 0.943. The second-order valence-electron chi connectivity index (χ2n) is 6.55. The maximum absolute atomic E-state index is 10.1. The van der Waals surface area contributed by atoms with Crippen molar-refractivity contribution in [3.8, 4) is 0 Å². The van der Waals surface area contributed by atoms with Crippen molar-refractivity contribution in [2.45, 2.75) is 45.3 Å². The van der Waals surface area contributed by atoms with E-state index in [2.05, 4.69) is 28.0 Å². The van der Waals surface area contributed by atoms with Crippen LogP contribution in [0.3, 0.4) is 0 Å². The molecule has 1 aliphatic rings. The molecule has 1 heterocycles. The average molecular weight is 299 g/mol. The molecule has 0 aliphatic heterocycles. The second kappa shape index (κ2) is 6.71. The number of aliphatic hydroxyl groups is 1.